The summed E-state index contributed by atoms with van der Waals surface area (Å²) in [6.07, 6.45) is 4.92. The maximum atomic E-state index is 13.4. The Morgan fingerprint density at radius 3 is 2.73 bits per heavy atom. The predicted octanol–water partition coefficient (Wildman–Crippen LogP) is 5.28. The van der Waals surface area contributed by atoms with Crippen LogP contribution in [0.15, 0.2) is 71.6 Å². The van der Waals surface area contributed by atoms with E-state index in [4.69, 9.17) is 9.15 Å². The summed E-state index contributed by atoms with van der Waals surface area (Å²) >= 11 is 0. The zero-order valence-corrected chi connectivity index (χ0v) is 18.4. The van der Waals surface area contributed by atoms with Gasteiger partial charge in [-0.25, -0.2) is 4.98 Å². The zero-order valence-electron chi connectivity index (χ0n) is 18.4. The number of aromatic nitrogens is 4. The molecule has 0 aliphatic rings. The third-order valence-corrected chi connectivity index (χ3v) is 5.28. The lowest BCUT2D eigenvalue weighted by Crippen LogP contribution is -2.13. The maximum absolute atomic E-state index is 13.4. The number of pyridine rings is 2. The van der Waals surface area contributed by atoms with Gasteiger partial charge in [-0.05, 0) is 67.9 Å². The number of anilines is 1. The highest BCUT2D eigenvalue weighted by Gasteiger charge is 2.20. The molecule has 4 heterocycles. The van der Waals surface area contributed by atoms with Crippen molar-refractivity contribution < 1.29 is 13.9 Å². The van der Waals surface area contributed by atoms with Crippen molar-refractivity contribution in [3.63, 3.8) is 0 Å². The second kappa shape index (κ2) is 8.23. The van der Waals surface area contributed by atoms with E-state index in [1.165, 1.54) is 0 Å². The minimum absolute atomic E-state index is 0.258. The largest absolute Gasteiger partial charge is 0.463 e. The summed E-state index contributed by atoms with van der Waals surface area (Å²) in [5.74, 6) is 1.66. The minimum atomic E-state index is -0.258. The molecule has 1 amide bonds. The van der Waals surface area contributed by atoms with Crippen LogP contribution in [-0.2, 0) is 7.05 Å². The first kappa shape index (κ1) is 20.4. The van der Waals surface area contributed by atoms with E-state index in [9.17, 15) is 4.79 Å². The van der Waals surface area contributed by atoms with Gasteiger partial charge in [-0.15, -0.1) is 0 Å². The van der Waals surface area contributed by atoms with Gasteiger partial charge in [-0.1, -0.05) is 0 Å². The Kier molecular flexibility index (Phi) is 5.10. The lowest BCUT2D eigenvalue weighted by atomic mass is 10.1. The van der Waals surface area contributed by atoms with E-state index in [-0.39, 0.29) is 5.91 Å². The monoisotopic (exact) mass is 439 g/mol. The summed E-state index contributed by atoms with van der Waals surface area (Å²) in [5, 5.41) is 8.15. The first-order chi connectivity index (χ1) is 16.0. The number of hydrogen-bond donors (Lipinski definition) is 1. The van der Waals surface area contributed by atoms with Crippen LogP contribution in [0.5, 0.6) is 11.5 Å². The molecule has 8 nitrogen and oxygen atoms in total. The van der Waals surface area contributed by atoms with E-state index < -0.39 is 0 Å². The van der Waals surface area contributed by atoms with E-state index in [1.807, 2.05) is 44.2 Å². The third kappa shape index (κ3) is 3.94. The second-order valence-electron chi connectivity index (χ2n) is 7.67. The normalized spacial score (nSPS) is 11.0. The first-order valence-corrected chi connectivity index (χ1v) is 10.4. The molecule has 0 atom stereocenters. The number of nitrogens with one attached hydrogen (secondary N) is 1. The van der Waals surface area contributed by atoms with Gasteiger partial charge in [0.1, 0.15) is 17.2 Å². The van der Waals surface area contributed by atoms with Crippen LogP contribution in [-0.4, -0.2) is 25.7 Å². The number of aryl methyl sites for hydroxylation is 3. The quantitative estimate of drug-likeness (QED) is 0.400. The van der Waals surface area contributed by atoms with E-state index in [2.05, 4.69) is 20.4 Å². The number of fused-ring (bicyclic) bond motifs is 1. The molecule has 0 unspecified atom stereocenters. The lowest BCUT2D eigenvalue weighted by Gasteiger charge is -2.12. The summed E-state index contributed by atoms with van der Waals surface area (Å²) in [5.41, 5.74) is 3.92. The number of hydrogen-bond acceptors (Lipinski definition) is 6. The van der Waals surface area contributed by atoms with Gasteiger partial charge in [0.15, 0.2) is 11.4 Å². The molecule has 1 N–H and O–H groups in total. The SMILES string of the molecule is Cc1cc(NC(=O)c2cc(-c3ccco3)nc3c2c(C)nn3C)ccc1Oc1cccnc1. The number of ether oxygens (including phenoxy) is 1. The van der Waals surface area contributed by atoms with Crippen molar-refractivity contribution >= 4 is 22.6 Å². The molecule has 0 saturated heterocycles. The highest BCUT2D eigenvalue weighted by molar-refractivity contribution is 6.13. The Morgan fingerprint density at radius 1 is 1.12 bits per heavy atom. The fourth-order valence-corrected chi connectivity index (χ4v) is 3.75. The van der Waals surface area contributed by atoms with Crippen molar-refractivity contribution in [1.82, 2.24) is 19.7 Å². The highest BCUT2D eigenvalue weighted by atomic mass is 16.5. The van der Waals surface area contributed by atoms with E-state index in [1.54, 1.807) is 48.6 Å². The number of amides is 1. The molecule has 4 aromatic heterocycles. The Bertz CT molecular complexity index is 1460. The number of rotatable bonds is 5. The van der Waals surface area contributed by atoms with Crippen LogP contribution < -0.4 is 10.1 Å². The lowest BCUT2D eigenvalue weighted by molar-refractivity contribution is 0.102. The summed E-state index contributed by atoms with van der Waals surface area (Å²) in [4.78, 5) is 22.1. The predicted molar refractivity (Wildman–Crippen MR) is 124 cm³/mol. The molecule has 0 aliphatic heterocycles. The van der Waals surface area contributed by atoms with Crippen molar-refractivity contribution in [2.24, 2.45) is 7.05 Å². The van der Waals surface area contributed by atoms with Crippen LogP contribution in [0.25, 0.3) is 22.5 Å². The van der Waals surface area contributed by atoms with Crippen LogP contribution in [0.4, 0.5) is 5.69 Å². The van der Waals surface area contributed by atoms with Crippen LogP contribution >= 0.6 is 0 Å². The molecule has 33 heavy (non-hydrogen) atoms. The van der Waals surface area contributed by atoms with Crippen LogP contribution in [0.2, 0.25) is 0 Å². The van der Waals surface area contributed by atoms with Crippen LogP contribution in [0.3, 0.4) is 0 Å². The van der Waals surface area contributed by atoms with Crippen LogP contribution in [0.1, 0.15) is 21.6 Å². The van der Waals surface area contributed by atoms with Crippen molar-refractivity contribution in [2.45, 2.75) is 13.8 Å². The fraction of sp³-hybridized carbons (Fsp3) is 0.120. The summed E-state index contributed by atoms with van der Waals surface area (Å²) in [6.45, 7) is 3.79. The molecular formula is C25H21N5O3. The number of nitrogens with zero attached hydrogens (tertiary/aromatic N) is 4. The molecule has 0 saturated carbocycles. The molecule has 5 rings (SSSR count). The minimum Gasteiger partial charge on any atom is -0.463 e. The summed E-state index contributed by atoms with van der Waals surface area (Å²) < 4.78 is 13.1. The number of benzene rings is 1. The van der Waals surface area contributed by atoms with Crippen LogP contribution in [0, 0.1) is 13.8 Å². The van der Waals surface area contributed by atoms with Crippen molar-refractivity contribution in [3.05, 3.63) is 84.0 Å². The van der Waals surface area contributed by atoms with Gasteiger partial charge in [0.05, 0.1) is 29.1 Å². The maximum Gasteiger partial charge on any atom is 0.256 e. The van der Waals surface area contributed by atoms with Gasteiger partial charge in [-0.2, -0.15) is 5.10 Å². The smallest absolute Gasteiger partial charge is 0.256 e. The molecule has 0 radical (unpaired) electrons. The average Bonchev–Trinajstić information content (AvgIpc) is 3.44. The summed E-state index contributed by atoms with van der Waals surface area (Å²) in [6, 6.07) is 14.5. The zero-order chi connectivity index (χ0) is 22.9. The molecule has 1 aromatic carbocycles. The standard InChI is InChI=1S/C25H21N5O3/c1-15-12-17(8-9-21(15)33-18-6-4-10-26-14-18)27-25(31)19-13-20(22-7-5-11-32-22)28-24-23(19)16(2)29-30(24)3/h4-14H,1-3H3,(H,27,31). The van der Waals surface area contributed by atoms with E-state index in [0.717, 1.165) is 11.3 Å². The van der Waals surface area contributed by atoms with Gasteiger partial charge >= 0.3 is 0 Å². The molecule has 5 aromatic rings. The number of furan rings is 1. The molecule has 0 aliphatic carbocycles. The molecule has 0 spiro atoms. The second-order valence-corrected chi connectivity index (χ2v) is 7.67. The molecular weight excluding hydrogens is 418 g/mol. The third-order valence-electron chi connectivity index (χ3n) is 5.28. The van der Waals surface area contributed by atoms with Gasteiger partial charge in [0.25, 0.3) is 5.91 Å². The topological polar surface area (TPSA) is 95.1 Å². The average molecular weight is 439 g/mol. The Morgan fingerprint density at radius 2 is 2.00 bits per heavy atom. The Hall–Kier alpha value is -4.46. The van der Waals surface area contributed by atoms with E-state index >= 15 is 0 Å². The molecule has 8 heteroatoms. The van der Waals surface area contributed by atoms with Crippen molar-refractivity contribution in [2.75, 3.05) is 5.32 Å². The summed E-state index contributed by atoms with van der Waals surface area (Å²) in [7, 11) is 1.81. The van der Waals surface area contributed by atoms with Gasteiger partial charge in [-0.3, -0.25) is 14.5 Å². The Labute approximate surface area is 189 Å². The Balaban J connectivity index is 1.47. The number of carbonyl (C=O) groups is 1. The highest BCUT2D eigenvalue weighted by Crippen LogP contribution is 2.30. The van der Waals surface area contributed by atoms with Gasteiger partial charge in [0.2, 0.25) is 0 Å². The first-order valence-electron chi connectivity index (χ1n) is 10.4. The number of carbonyl (C=O) groups excluding carboxylic acids is 1. The molecule has 0 bridgehead atoms. The van der Waals surface area contributed by atoms with Crippen molar-refractivity contribution in [1.29, 1.82) is 0 Å². The van der Waals surface area contributed by atoms with Gasteiger partial charge in [0, 0.05) is 18.9 Å². The molecule has 164 valence electrons. The van der Waals surface area contributed by atoms with Crippen molar-refractivity contribution in [3.8, 4) is 23.0 Å². The fourth-order valence-electron chi connectivity index (χ4n) is 3.75. The van der Waals surface area contributed by atoms with E-state index in [0.29, 0.717) is 45.2 Å². The van der Waals surface area contributed by atoms with Gasteiger partial charge < -0.3 is 14.5 Å². The molecule has 0 fully saturated rings.